The first-order chi connectivity index (χ1) is 11.0. The minimum absolute atomic E-state index is 0.238. The fraction of sp³-hybridized carbons (Fsp3) is 0.267. The van der Waals surface area contributed by atoms with Crippen LogP contribution in [0.5, 0.6) is 0 Å². The predicted octanol–water partition coefficient (Wildman–Crippen LogP) is 2.33. The Balaban J connectivity index is 1.49. The van der Waals surface area contributed by atoms with E-state index in [9.17, 15) is 13.2 Å². The van der Waals surface area contributed by atoms with Crippen molar-refractivity contribution in [2.24, 2.45) is 0 Å². The third-order valence-electron chi connectivity index (χ3n) is 3.35. The molecule has 23 heavy (non-hydrogen) atoms. The van der Waals surface area contributed by atoms with Crippen LogP contribution in [-0.4, -0.2) is 28.5 Å². The zero-order valence-electron chi connectivity index (χ0n) is 12.0. The number of nitrogens with one attached hydrogen (secondary N) is 2. The van der Waals surface area contributed by atoms with E-state index in [4.69, 9.17) is 0 Å². The number of allylic oxidation sites excluding steroid dienone is 1. The van der Waals surface area contributed by atoms with Crippen molar-refractivity contribution in [3.05, 3.63) is 60.4 Å². The summed E-state index contributed by atoms with van der Waals surface area (Å²) in [4.78, 5) is 4.22. The Hall–Kier alpha value is -2.48. The molecule has 2 aromatic heterocycles. The Kier molecular flexibility index (Phi) is 4.24. The van der Waals surface area contributed by atoms with E-state index >= 15 is 0 Å². The molecular formula is C15H15F3N4O. The number of rotatable bonds is 5. The lowest BCUT2D eigenvalue weighted by Gasteiger charge is -2.20. The fourth-order valence-corrected chi connectivity index (χ4v) is 2.36. The number of pyridine rings is 1. The topological polar surface area (TPSA) is 50.6 Å². The quantitative estimate of drug-likeness (QED) is 0.886. The van der Waals surface area contributed by atoms with Gasteiger partial charge < -0.3 is 14.5 Å². The Morgan fingerprint density at radius 1 is 1.35 bits per heavy atom. The number of ether oxygens (including phenoxy) is 1. The number of hydrogen-bond acceptors (Lipinski definition) is 4. The molecule has 2 aromatic rings. The number of alkyl halides is 3. The van der Waals surface area contributed by atoms with Crippen molar-refractivity contribution in [3.8, 4) is 0 Å². The molecule has 8 heteroatoms. The van der Waals surface area contributed by atoms with Crippen LogP contribution in [0.25, 0.3) is 5.65 Å². The lowest BCUT2D eigenvalue weighted by molar-refractivity contribution is -0.303. The Labute approximate surface area is 130 Å². The molecule has 122 valence electrons. The summed E-state index contributed by atoms with van der Waals surface area (Å²) >= 11 is 0. The Bertz CT molecular complexity index is 736. The summed E-state index contributed by atoms with van der Waals surface area (Å²) in [5.41, 5.74) is 1.99. The van der Waals surface area contributed by atoms with Crippen LogP contribution in [0.3, 0.4) is 0 Å². The zero-order chi connectivity index (χ0) is 16.3. The van der Waals surface area contributed by atoms with Crippen LogP contribution in [-0.2, 0) is 11.2 Å². The summed E-state index contributed by atoms with van der Waals surface area (Å²) in [6.45, 7) is 0.655. The molecule has 1 aliphatic heterocycles. The smallest absolute Gasteiger partial charge is 0.404 e. The van der Waals surface area contributed by atoms with Crippen molar-refractivity contribution < 1.29 is 17.9 Å². The number of dihydropyridines is 1. The van der Waals surface area contributed by atoms with Gasteiger partial charge in [-0.15, -0.1) is 13.2 Å². The second kappa shape index (κ2) is 6.33. The van der Waals surface area contributed by atoms with E-state index in [0.717, 1.165) is 17.8 Å². The maximum Gasteiger partial charge on any atom is 0.573 e. The van der Waals surface area contributed by atoms with Gasteiger partial charge in [0.05, 0.1) is 6.17 Å². The van der Waals surface area contributed by atoms with Gasteiger partial charge in [0, 0.05) is 37.3 Å². The van der Waals surface area contributed by atoms with E-state index in [1.165, 1.54) is 12.3 Å². The summed E-state index contributed by atoms with van der Waals surface area (Å²) < 4.78 is 42.1. The molecule has 2 N–H and O–H groups in total. The van der Waals surface area contributed by atoms with Gasteiger partial charge in [-0.3, -0.25) is 5.32 Å². The molecular weight excluding hydrogens is 309 g/mol. The molecule has 0 aliphatic carbocycles. The third kappa shape index (κ3) is 4.04. The fourth-order valence-electron chi connectivity index (χ4n) is 2.36. The van der Waals surface area contributed by atoms with Crippen LogP contribution >= 0.6 is 0 Å². The van der Waals surface area contributed by atoms with Crippen LogP contribution in [0.2, 0.25) is 0 Å². The first-order valence-electron chi connectivity index (χ1n) is 7.06. The number of nitrogens with zero attached hydrogens (tertiary/aromatic N) is 2. The first-order valence-corrected chi connectivity index (χ1v) is 7.06. The second-order valence-corrected chi connectivity index (χ2v) is 4.97. The minimum atomic E-state index is -4.68. The molecule has 3 heterocycles. The van der Waals surface area contributed by atoms with E-state index in [0.29, 0.717) is 6.54 Å². The van der Waals surface area contributed by atoms with Gasteiger partial charge in [-0.05, 0) is 24.3 Å². The van der Waals surface area contributed by atoms with Crippen LogP contribution in [0.1, 0.15) is 5.69 Å². The van der Waals surface area contributed by atoms with Crippen LogP contribution in [0, 0.1) is 0 Å². The van der Waals surface area contributed by atoms with Crippen LogP contribution < -0.4 is 10.6 Å². The number of imidazole rings is 1. The molecule has 1 unspecified atom stereocenters. The molecule has 1 aliphatic rings. The average Bonchev–Trinajstić information content (AvgIpc) is 2.97. The highest BCUT2D eigenvalue weighted by Gasteiger charge is 2.32. The molecule has 0 saturated carbocycles. The second-order valence-electron chi connectivity index (χ2n) is 4.97. The molecule has 0 saturated heterocycles. The molecule has 5 nitrogen and oxygen atoms in total. The highest BCUT2D eigenvalue weighted by molar-refractivity contribution is 5.39. The molecule has 0 aromatic carbocycles. The van der Waals surface area contributed by atoms with Gasteiger partial charge in [0.15, 0.2) is 0 Å². The maximum atomic E-state index is 12.1. The van der Waals surface area contributed by atoms with Gasteiger partial charge in [-0.25, -0.2) is 4.98 Å². The molecule has 3 rings (SSSR count). The largest absolute Gasteiger partial charge is 0.573 e. The van der Waals surface area contributed by atoms with E-state index in [1.54, 1.807) is 12.3 Å². The Morgan fingerprint density at radius 3 is 2.96 bits per heavy atom. The van der Waals surface area contributed by atoms with Crippen molar-refractivity contribution >= 4 is 5.65 Å². The molecule has 0 radical (unpaired) electrons. The molecule has 0 bridgehead atoms. The van der Waals surface area contributed by atoms with E-state index in [-0.39, 0.29) is 11.9 Å². The highest BCUT2D eigenvalue weighted by Crippen LogP contribution is 2.21. The number of fused-ring (bicyclic) bond motifs is 1. The average molecular weight is 324 g/mol. The van der Waals surface area contributed by atoms with Gasteiger partial charge in [0.2, 0.25) is 0 Å². The SMILES string of the molecule is FC(F)(F)OC1=CNC(NCCc2cccc3nccn23)C=C1. The van der Waals surface area contributed by atoms with Crippen molar-refractivity contribution in [1.29, 1.82) is 0 Å². The van der Waals surface area contributed by atoms with Crippen molar-refractivity contribution in [2.75, 3.05) is 6.54 Å². The summed E-state index contributed by atoms with van der Waals surface area (Å²) in [6.07, 6.45) is 3.55. The lowest BCUT2D eigenvalue weighted by atomic mass is 10.2. The molecule has 0 spiro atoms. The minimum Gasteiger partial charge on any atom is -0.404 e. The normalized spacial score (nSPS) is 17.9. The van der Waals surface area contributed by atoms with Gasteiger partial charge in [-0.1, -0.05) is 6.07 Å². The Morgan fingerprint density at radius 2 is 2.22 bits per heavy atom. The molecule has 1 atom stereocenters. The van der Waals surface area contributed by atoms with E-state index in [2.05, 4.69) is 20.4 Å². The molecule has 0 fully saturated rings. The van der Waals surface area contributed by atoms with Gasteiger partial charge in [-0.2, -0.15) is 0 Å². The predicted molar refractivity (Wildman–Crippen MR) is 78.2 cm³/mol. The number of hydrogen-bond donors (Lipinski definition) is 2. The first kappa shape index (κ1) is 15.4. The highest BCUT2D eigenvalue weighted by atomic mass is 19.4. The van der Waals surface area contributed by atoms with Gasteiger partial charge in [0.1, 0.15) is 11.4 Å². The van der Waals surface area contributed by atoms with Crippen molar-refractivity contribution in [3.63, 3.8) is 0 Å². The van der Waals surface area contributed by atoms with Crippen molar-refractivity contribution in [2.45, 2.75) is 18.9 Å². The van der Waals surface area contributed by atoms with Crippen LogP contribution in [0.15, 0.2) is 54.7 Å². The molecule has 0 amide bonds. The number of aromatic nitrogens is 2. The maximum absolute atomic E-state index is 12.1. The number of halogens is 3. The van der Waals surface area contributed by atoms with E-state index < -0.39 is 6.36 Å². The lowest BCUT2D eigenvalue weighted by Crippen LogP contribution is -2.40. The van der Waals surface area contributed by atoms with E-state index in [1.807, 2.05) is 28.8 Å². The van der Waals surface area contributed by atoms with Gasteiger partial charge in [0.25, 0.3) is 0 Å². The summed E-state index contributed by atoms with van der Waals surface area (Å²) in [5.74, 6) is -0.265. The monoisotopic (exact) mass is 324 g/mol. The van der Waals surface area contributed by atoms with Gasteiger partial charge >= 0.3 is 6.36 Å². The summed E-state index contributed by atoms with van der Waals surface area (Å²) in [6, 6.07) is 5.88. The zero-order valence-corrected chi connectivity index (χ0v) is 12.0. The van der Waals surface area contributed by atoms with Crippen LogP contribution in [0.4, 0.5) is 13.2 Å². The van der Waals surface area contributed by atoms with Crippen molar-refractivity contribution in [1.82, 2.24) is 20.0 Å². The summed E-state index contributed by atoms with van der Waals surface area (Å²) in [7, 11) is 0. The third-order valence-corrected chi connectivity index (χ3v) is 3.35. The standard InChI is InChI=1S/C15H15F3N4O/c16-15(17,18)23-12-4-5-13(21-10-12)19-7-6-11-2-1-3-14-20-8-9-22(11)14/h1-5,8-10,13,19,21H,6-7H2. The summed E-state index contributed by atoms with van der Waals surface area (Å²) in [5, 5.41) is 6.00.